The molecule has 0 bridgehead atoms. The van der Waals surface area contributed by atoms with Gasteiger partial charge in [0, 0.05) is 17.3 Å². The maximum atomic E-state index is 9.08. The summed E-state index contributed by atoms with van der Waals surface area (Å²) in [6.45, 7) is 0.0644. The number of aliphatic hydroxyl groups excluding tert-OH is 1. The lowest BCUT2D eigenvalue weighted by molar-refractivity contribution is 0.282. The predicted molar refractivity (Wildman–Crippen MR) is 87.6 cm³/mol. The van der Waals surface area contributed by atoms with E-state index in [0.29, 0.717) is 0 Å². The van der Waals surface area contributed by atoms with Crippen LogP contribution in [0.5, 0.6) is 5.75 Å². The van der Waals surface area contributed by atoms with Gasteiger partial charge in [-0.25, -0.2) is 0 Å². The van der Waals surface area contributed by atoms with Crippen LogP contribution in [0.1, 0.15) is 5.56 Å². The van der Waals surface area contributed by atoms with Crippen LogP contribution < -0.4 is 4.74 Å². The van der Waals surface area contributed by atoms with Gasteiger partial charge in [0.1, 0.15) is 5.75 Å². The minimum Gasteiger partial charge on any atom is -0.497 e. The molecule has 3 nitrogen and oxygen atoms in total. The number of methoxy groups -OCH3 is 1. The molecule has 0 aliphatic carbocycles. The van der Waals surface area contributed by atoms with Crippen molar-refractivity contribution in [2.75, 3.05) is 7.11 Å². The fourth-order valence-corrected chi connectivity index (χ4v) is 2.30. The number of nitrogens with zero attached hydrogens (tertiary/aromatic N) is 1. The number of aliphatic hydroxyl groups is 1. The highest BCUT2D eigenvalue weighted by Crippen LogP contribution is 2.24. The minimum absolute atomic E-state index is 0.0644. The Hall–Kier alpha value is -2.65. The van der Waals surface area contributed by atoms with Crippen molar-refractivity contribution in [3.05, 3.63) is 72.4 Å². The second-order valence-electron chi connectivity index (χ2n) is 5.02. The molecule has 0 fully saturated rings. The van der Waals surface area contributed by atoms with Crippen LogP contribution in [0.3, 0.4) is 0 Å². The van der Waals surface area contributed by atoms with Crippen LogP contribution in [0.2, 0.25) is 0 Å². The Morgan fingerprint density at radius 1 is 0.818 bits per heavy atom. The van der Waals surface area contributed by atoms with Gasteiger partial charge in [0.15, 0.2) is 0 Å². The highest BCUT2D eigenvalue weighted by atomic mass is 16.5. The fourth-order valence-electron chi connectivity index (χ4n) is 2.30. The number of aromatic nitrogens is 1. The Kier molecular flexibility index (Phi) is 4.17. The van der Waals surface area contributed by atoms with Gasteiger partial charge in [-0.05, 0) is 41.5 Å². The van der Waals surface area contributed by atoms with Gasteiger partial charge in [0.2, 0.25) is 0 Å². The molecule has 0 radical (unpaired) electrons. The summed E-state index contributed by atoms with van der Waals surface area (Å²) in [5, 5.41) is 9.08. The van der Waals surface area contributed by atoms with Crippen LogP contribution in [-0.4, -0.2) is 17.2 Å². The SMILES string of the molecule is COc1ccc(-c2ccc(-c3ccc(CO)cc3)cn2)cc1. The number of hydrogen-bond acceptors (Lipinski definition) is 3. The molecule has 110 valence electrons. The Bertz CT molecular complexity index is 665. The summed E-state index contributed by atoms with van der Waals surface area (Å²) in [6.07, 6.45) is 1.87. The monoisotopic (exact) mass is 291 g/mol. The van der Waals surface area contributed by atoms with Crippen LogP contribution in [-0.2, 0) is 6.61 Å². The van der Waals surface area contributed by atoms with Gasteiger partial charge in [0.05, 0.1) is 19.4 Å². The third kappa shape index (κ3) is 3.00. The largest absolute Gasteiger partial charge is 0.497 e. The number of hydrogen-bond donors (Lipinski definition) is 1. The van der Waals surface area contributed by atoms with Gasteiger partial charge in [-0.3, -0.25) is 4.98 Å². The molecule has 1 N–H and O–H groups in total. The first kappa shape index (κ1) is 14.3. The summed E-state index contributed by atoms with van der Waals surface area (Å²) in [6, 6.07) is 19.8. The van der Waals surface area contributed by atoms with E-state index in [0.717, 1.165) is 33.7 Å². The highest BCUT2D eigenvalue weighted by Gasteiger charge is 2.02. The average Bonchev–Trinajstić information content (AvgIpc) is 2.62. The van der Waals surface area contributed by atoms with E-state index >= 15 is 0 Å². The Labute approximate surface area is 129 Å². The second kappa shape index (κ2) is 6.41. The van der Waals surface area contributed by atoms with E-state index in [4.69, 9.17) is 9.84 Å². The number of pyridine rings is 1. The highest BCUT2D eigenvalue weighted by molar-refractivity contribution is 5.67. The first-order valence-corrected chi connectivity index (χ1v) is 7.11. The predicted octanol–water partition coefficient (Wildman–Crippen LogP) is 3.92. The third-order valence-electron chi connectivity index (χ3n) is 3.62. The van der Waals surface area contributed by atoms with Crippen molar-refractivity contribution >= 4 is 0 Å². The summed E-state index contributed by atoms with van der Waals surface area (Å²) in [4.78, 5) is 4.53. The van der Waals surface area contributed by atoms with Crippen molar-refractivity contribution in [1.82, 2.24) is 4.98 Å². The van der Waals surface area contributed by atoms with E-state index in [1.165, 1.54) is 0 Å². The molecule has 1 heterocycles. The lowest BCUT2D eigenvalue weighted by Crippen LogP contribution is -1.87. The molecule has 22 heavy (non-hydrogen) atoms. The van der Waals surface area contributed by atoms with Gasteiger partial charge < -0.3 is 9.84 Å². The molecule has 3 heteroatoms. The zero-order valence-electron chi connectivity index (χ0n) is 12.4. The molecule has 1 aromatic heterocycles. The molecule has 2 aromatic carbocycles. The normalized spacial score (nSPS) is 10.5. The van der Waals surface area contributed by atoms with Crippen LogP contribution >= 0.6 is 0 Å². The Balaban J connectivity index is 1.84. The van der Waals surface area contributed by atoms with Gasteiger partial charge in [0.25, 0.3) is 0 Å². The molecule has 0 amide bonds. The van der Waals surface area contributed by atoms with E-state index in [2.05, 4.69) is 11.1 Å². The molecule has 0 aliphatic heterocycles. The van der Waals surface area contributed by atoms with Crippen molar-refractivity contribution in [2.24, 2.45) is 0 Å². The van der Waals surface area contributed by atoms with Crippen LogP contribution in [0.15, 0.2) is 66.9 Å². The summed E-state index contributed by atoms with van der Waals surface area (Å²) < 4.78 is 5.16. The summed E-state index contributed by atoms with van der Waals surface area (Å²) >= 11 is 0. The van der Waals surface area contributed by atoms with E-state index in [-0.39, 0.29) is 6.61 Å². The summed E-state index contributed by atoms with van der Waals surface area (Å²) in [7, 11) is 1.66. The fraction of sp³-hybridized carbons (Fsp3) is 0.105. The van der Waals surface area contributed by atoms with Crippen LogP contribution in [0.4, 0.5) is 0 Å². The summed E-state index contributed by atoms with van der Waals surface area (Å²) in [5.41, 5.74) is 5.04. The molecular weight excluding hydrogens is 274 g/mol. The van der Waals surface area contributed by atoms with E-state index in [1.54, 1.807) is 7.11 Å². The van der Waals surface area contributed by atoms with Gasteiger partial charge >= 0.3 is 0 Å². The zero-order chi connectivity index (χ0) is 15.4. The molecule has 0 saturated carbocycles. The number of benzene rings is 2. The van der Waals surface area contributed by atoms with Gasteiger partial charge in [-0.1, -0.05) is 30.3 Å². The second-order valence-corrected chi connectivity index (χ2v) is 5.02. The number of rotatable bonds is 4. The van der Waals surface area contributed by atoms with Crippen molar-refractivity contribution in [1.29, 1.82) is 0 Å². The minimum atomic E-state index is 0.0644. The molecule has 3 aromatic rings. The molecule has 0 spiro atoms. The van der Waals surface area contributed by atoms with Crippen molar-refractivity contribution in [3.63, 3.8) is 0 Å². The topological polar surface area (TPSA) is 42.4 Å². The lowest BCUT2D eigenvalue weighted by Gasteiger charge is -2.06. The first-order chi connectivity index (χ1) is 10.8. The smallest absolute Gasteiger partial charge is 0.118 e. The molecular formula is C19H17NO2. The maximum Gasteiger partial charge on any atom is 0.118 e. The van der Waals surface area contributed by atoms with Crippen molar-refractivity contribution in [2.45, 2.75) is 6.61 Å². The standard InChI is InChI=1S/C19H17NO2/c1-22-18-9-6-16(7-10-18)19-11-8-17(12-20-19)15-4-2-14(13-21)3-5-15/h2-12,21H,13H2,1H3. The van der Waals surface area contributed by atoms with Gasteiger partial charge in [-0.15, -0.1) is 0 Å². The van der Waals surface area contributed by atoms with Gasteiger partial charge in [-0.2, -0.15) is 0 Å². The molecule has 0 atom stereocenters. The van der Waals surface area contributed by atoms with Crippen LogP contribution in [0, 0.1) is 0 Å². The third-order valence-corrected chi connectivity index (χ3v) is 3.62. The van der Waals surface area contributed by atoms with Crippen LogP contribution in [0.25, 0.3) is 22.4 Å². The molecule has 3 rings (SSSR count). The molecule has 0 saturated heterocycles. The maximum absolute atomic E-state index is 9.08. The first-order valence-electron chi connectivity index (χ1n) is 7.11. The lowest BCUT2D eigenvalue weighted by atomic mass is 10.0. The number of ether oxygens (including phenoxy) is 1. The van der Waals surface area contributed by atoms with Crippen molar-refractivity contribution in [3.8, 4) is 28.1 Å². The van der Waals surface area contributed by atoms with E-state index in [1.807, 2.05) is 60.8 Å². The average molecular weight is 291 g/mol. The Morgan fingerprint density at radius 3 is 2.00 bits per heavy atom. The quantitative estimate of drug-likeness (QED) is 0.792. The molecule has 0 unspecified atom stereocenters. The molecule has 0 aliphatic rings. The van der Waals surface area contributed by atoms with Crippen molar-refractivity contribution < 1.29 is 9.84 Å². The summed E-state index contributed by atoms with van der Waals surface area (Å²) in [5.74, 6) is 0.837. The van der Waals surface area contributed by atoms with E-state index < -0.39 is 0 Å². The zero-order valence-corrected chi connectivity index (χ0v) is 12.4. The Morgan fingerprint density at radius 2 is 1.45 bits per heavy atom. The van der Waals surface area contributed by atoms with E-state index in [9.17, 15) is 0 Å².